The molecule has 1 saturated carbocycles. The average molecular weight is 267 g/mol. The molecule has 1 saturated heterocycles. The molecule has 112 valence electrons. The first-order chi connectivity index (χ1) is 9.19. The molecule has 0 N–H and O–H groups in total. The third-order valence-corrected chi connectivity index (χ3v) is 5.29. The van der Waals surface area contributed by atoms with Crippen LogP contribution < -0.4 is 0 Å². The van der Waals surface area contributed by atoms with Gasteiger partial charge in [-0.15, -0.1) is 0 Å². The predicted molar refractivity (Wildman–Crippen MR) is 81.4 cm³/mol. The molecule has 1 heterocycles. The summed E-state index contributed by atoms with van der Waals surface area (Å²) < 4.78 is 5.73. The molecule has 2 nitrogen and oxygen atoms in total. The van der Waals surface area contributed by atoms with Crippen LogP contribution in [0.2, 0.25) is 0 Å². The summed E-state index contributed by atoms with van der Waals surface area (Å²) in [4.78, 5) is 2.69. The number of ether oxygens (including phenoxy) is 1. The fourth-order valence-electron chi connectivity index (χ4n) is 3.90. The minimum atomic E-state index is 0.540. The van der Waals surface area contributed by atoms with E-state index in [-0.39, 0.29) is 0 Å². The van der Waals surface area contributed by atoms with Crippen LogP contribution in [-0.4, -0.2) is 37.2 Å². The van der Waals surface area contributed by atoms with E-state index in [2.05, 4.69) is 25.7 Å². The quantitative estimate of drug-likeness (QED) is 0.748. The standard InChI is InChI=1S/C17H33NO/c1-4-19-17-9-11-18(12-10-17)13-15-5-7-16(8-6-15)14(2)3/h14-17H,4-13H2,1-3H3. The maximum absolute atomic E-state index is 5.73. The van der Waals surface area contributed by atoms with Gasteiger partial charge in [-0.05, 0) is 63.2 Å². The molecule has 0 aromatic heterocycles. The van der Waals surface area contributed by atoms with E-state index in [1.165, 1.54) is 58.2 Å². The second kappa shape index (κ2) is 7.64. The lowest BCUT2D eigenvalue weighted by molar-refractivity contribution is 0.00886. The van der Waals surface area contributed by atoms with E-state index >= 15 is 0 Å². The highest BCUT2D eigenvalue weighted by molar-refractivity contribution is 4.79. The van der Waals surface area contributed by atoms with Gasteiger partial charge in [0.15, 0.2) is 0 Å². The van der Waals surface area contributed by atoms with Gasteiger partial charge in [0.25, 0.3) is 0 Å². The first kappa shape index (κ1) is 15.3. The molecule has 0 spiro atoms. The zero-order valence-electron chi connectivity index (χ0n) is 13.2. The average Bonchev–Trinajstić information content (AvgIpc) is 2.42. The van der Waals surface area contributed by atoms with Crippen LogP contribution >= 0.6 is 0 Å². The number of hydrogen-bond donors (Lipinski definition) is 0. The SMILES string of the molecule is CCOC1CCN(CC2CCC(C(C)C)CC2)CC1. The Morgan fingerprint density at radius 2 is 1.63 bits per heavy atom. The van der Waals surface area contributed by atoms with Gasteiger partial charge in [-0.1, -0.05) is 13.8 Å². The number of nitrogens with zero attached hydrogens (tertiary/aromatic N) is 1. The topological polar surface area (TPSA) is 12.5 Å². The second-order valence-corrected chi connectivity index (χ2v) is 6.98. The molecule has 1 aliphatic carbocycles. The number of rotatable bonds is 5. The second-order valence-electron chi connectivity index (χ2n) is 6.98. The summed E-state index contributed by atoms with van der Waals surface area (Å²) in [5.74, 6) is 2.86. The molecular weight excluding hydrogens is 234 g/mol. The zero-order valence-corrected chi connectivity index (χ0v) is 13.2. The molecule has 0 atom stereocenters. The Morgan fingerprint density at radius 1 is 1.00 bits per heavy atom. The molecule has 0 aromatic rings. The summed E-state index contributed by atoms with van der Waals surface area (Å²) in [6.45, 7) is 11.6. The van der Waals surface area contributed by atoms with E-state index < -0.39 is 0 Å². The maximum Gasteiger partial charge on any atom is 0.0599 e. The summed E-state index contributed by atoms with van der Waals surface area (Å²) in [5, 5.41) is 0. The van der Waals surface area contributed by atoms with Gasteiger partial charge in [-0.25, -0.2) is 0 Å². The Kier molecular flexibility index (Phi) is 6.15. The van der Waals surface area contributed by atoms with Crippen LogP contribution in [0.4, 0.5) is 0 Å². The van der Waals surface area contributed by atoms with Crippen molar-refractivity contribution in [3.8, 4) is 0 Å². The first-order valence-electron chi connectivity index (χ1n) is 8.53. The fourth-order valence-corrected chi connectivity index (χ4v) is 3.90. The lowest BCUT2D eigenvalue weighted by atomic mass is 9.77. The third-order valence-electron chi connectivity index (χ3n) is 5.29. The molecule has 0 bridgehead atoms. The van der Waals surface area contributed by atoms with E-state index in [0.29, 0.717) is 6.10 Å². The van der Waals surface area contributed by atoms with Gasteiger partial charge in [-0.2, -0.15) is 0 Å². The van der Waals surface area contributed by atoms with Crippen molar-refractivity contribution in [2.24, 2.45) is 17.8 Å². The minimum absolute atomic E-state index is 0.540. The fraction of sp³-hybridized carbons (Fsp3) is 1.00. The van der Waals surface area contributed by atoms with Crippen LogP contribution in [0.5, 0.6) is 0 Å². The Labute approximate surface area is 119 Å². The highest BCUT2D eigenvalue weighted by Gasteiger charge is 2.26. The molecule has 19 heavy (non-hydrogen) atoms. The van der Waals surface area contributed by atoms with E-state index in [1.807, 2.05) is 0 Å². The van der Waals surface area contributed by atoms with E-state index in [4.69, 9.17) is 4.74 Å². The largest absolute Gasteiger partial charge is 0.378 e. The van der Waals surface area contributed by atoms with Crippen molar-refractivity contribution in [3.63, 3.8) is 0 Å². The number of piperidine rings is 1. The number of hydrogen-bond acceptors (Lipinski definition) is 2. The van der Waals surface area contributed by atoms with Crippen molar-refractivity contribution in [3.05, 3.63) is 0 Å². The maximum atomic E-state index is 5.73. The third kappa shape index (κ3) is 4.75. The molecule has 0 aromatic carbocycles. The Hall–Kier alpha value is -0.0800. The molecule has 2 rings (SSSR count). The molecule has 0 unspecified atom stereocenters. The van der Waals surface area contributed by atoms with E-state index in [0.717, 1.165) is 24.4 Å². The number of likely N-dealkylation sites (tertiary alicyclic amines) is 1. The van der Waals surface area contributed by atoms with Gasteiger partial charge in [0.2, 0.25) is 0 Å². The summed E-state index contributed by atoms with van der Waals surface area (Å²) in [6.07, 6.45) is 8.90. The van der Waals surface area contributed by atoms with Crippen LogP contribution in [-0.2, 0) is 4.74 Å². The van der Waals surface area contributed by atoms with Crippen LogP contribution in [0.25, 0.3) is 0 Å². The zero-order chi connectivity index (χ0) is 13.7. The summed E-state index contributed by atoms with van der Waals surface area (Å²) in [7, 11) is 0. The van der Waals surface area contributed by atoms with Gasteiger partial charge in [-0.3, -0.25) is 0 Å². The van der Waals surface area contributed by atoms with Crippen molar-refractivity contribution >= 4 is 0 Å². The van der Waals surface area contributed by atoms with Crippen LogP contribution in [0, 0.1) is 17.8 Å². The van der Waals surface area contributed by atoms with Gasteiger partial charge in [0.05, 0.1) is 6.10 Å². The Bertz CT molecular complexity index is 238. The smallest absolute Gasteiger partial charge is 0.0599 e. The minimum Gasteiger partial charge on any atom is -0.378 e. The Balaban J connectivity index is 1.64. The molecule has 0 amide bonds. The predicted octanol–water partition coefficient (Wildman–Crippen LogP) is 3.95. The molecular formula is C17H33NO. The lowest BCUT2D eigenvalue weighted by Gasteiger charge is -2.37. The molecule has 0 radical (unpaired) electrons. The van der Waals surface area contributed by atoms with Gasteiger partial charge in [0, 0.05) is 26.2 Å². The summed E-state index contributed by atoms with van der Waals surface area (Å²) >= 11 is 0. The van der Waals surface area contributed by atoms with Crippen molar-refractivity contribution in [1.29, 1.82) is 0 Å². The molecule has 1 aliphatic heterocycles. The normalized spacial score (nSPS) is 30.9. The van der Waals surface area contributed by atoms with Gasteiger partial charge in [0.1, 0.15) is 0 Å². The summed E-state index contributed by atoms with van der Waals surface area (Å²) in [6, 6.07) is 0. The van der Waals surface area contributed by atoms with Crippen LogP contribution in [0.3, 0.4) is 0 Å². The van der Waals surface area contributed by atoms with Crippen LogP contribution in [0.1, 0.15) is 59.3 Å². The highest BCUT2D eigenvalue weighted by Crippen LogP contribution is 2.33. The lowest BCUT2D eigenvalue weighted by Crippen LogP contribution is -2.40. The Morgan fingerprint density at radius 3 is 2.16 bits per heavy atom. The molecule has 2 aliphatic rings. The van der Waals surface area contributed by atoms with Gasteiger partial charge >= 0.3 is 0 Å². The van der Waals surface area contributed by atoms with E-state index in [1.54, 1.807) is 0 Å². The van der Waals surface area contributed by atoms with Crippen molar-refractivity contribution < 1.29 is 4.74 Å². The van der Waals surface area contributed by atoms with Crippen molar-refractivity contribution in [2.75, 3.05) is 26.2 Å². The van der Waals surface area contributed by atoms with E-state index in [9.17, 15) is 0 Å². The first-order valence-corrected chi connectivity index (χ1v) is 8.53. The molecule has 2 heteroatoms. The van der Waals surface area contributed by atoms with Crippen molar-refractivity contribution in [2.45, 2.75) is 65.4 Å². The monoisotopic (exact) mass is 267 g/mol. The summed E-state index contributed by atoms with van der Waals surface area (Å²) in [5.41, 5.74) is 0. The highest BCUT2D eigenvalue weighted by atomic mass is 16.5. The van der Waals surface area contributed by atoms with Crippen molar-refractivity contribution in [1.82, 2.24) is 4.90 Å². The molecule has 2 fully saturated rings. The van der Waals surface area contributed by atoms with Crippen LogP contribution in [0.15, 0.2) is 0 Å². The van der Waals surface area contributed by atoms with Gasteiger partial charge < -0.3 is 9.64 Å².